The van der Waals surface area contributed by atoms with Crippen LogP contribution in [0.3, 0.4) is 0 Å². The lowest BCUT2D eigenvalue weighted by molar-refractivity contribution is -0.121. The van der Waals surface area contributed by atoms with Crippen molar-refractivity contribution in [3.8, 4) is 18.0 Å². The third-order valence-electron chi connectivity index (χ3n) is 1.55. The van der Waals surface area contributed by atoms with E-state index in [1.54, 1.807) is 24.3 Å². The van der Waals surface area contributed by atoms with E-state index in [0.29, 0.717) is 11.3 Å². The Labute approximate surface area is 86.5 Å². The lowest BCUT2D eigenvalue weighted by atomic mass is 10.2. The van der Waals surface area contributed by atoms with Crippen LogP contribution in [0.25, 0.3) is 0 Å². The molecule has 0 radical (unpaired) electrons. The molecule has 1 amide bonds. The Morgan fingerprint density at radius 2 is 2.00 bits per heavy atom. The summed E-state index contributed by atoms with van der Waals surface area (Å²) in [7, 11) is 0. The summed E-state index contributed by atoms with van der Waals surface area (Å²) < 4.78 is 5.05. The van der Waals surface area contributed by atoms with E-state index in [0.717, 1.165) is 0 Å². The molecular weight excluding hydrogens is 194 g/mol. The van der Waals surface area contributed by atoms with Crippen LogP contribution >= 0.6 is 0 Å². The van der Waals surface area contributed by atoms with E-state index in [9.17, 15) is 4.79 Å². The minimum Gasteiger partial charge on any atom is -0.484 e. The van der Waals surface area contributed by atoms with Gasteiger partial charge in [0.1, 0.15) is 5.75 Å². The summed E-state index contributed by atoms with van der Waals surface area (Å²) in [5.41, 5.74) is 0.517. The standard InChI is InChI=1S/C10H7N3O2/c11-5-8-1-3-9(4-2-8)15-6-10(14)13-7-12/h1-4H,6H2,(H,13,14). The molecule has 0 aromatic heterocycles. The van der Waals surface area contributed by atoms with Crippen LogP contribution in [0.15, 0.2) is 24.3 Å². The molecule has 5 nitrogen and oxygen atoms in total. The van der Waals surface area contributed by atoms with E-state index in [1.807, 2.05) is 11.4 Å². The molecule has 0 bridgehead atoms. The molecule has 1 aromatic rings. The molecule has 0 fully saturated rings. The van der Waals surface area contributed by atoms with E-state index >= 15 is 0 Å². The highest BCUT2D eigenvalue weighted by Gasteiger charge is 2.00. The molecule has 0 unspecified atom stereocenters. The number of hydrogen-bond donors (Lipinski definition) is 1. The van der Waals surface area contributed by atoms with E-state index in [4.69, 9.17) is 15.3 Å². The number of carbonyl (C=O) groups excluding carboxylic acids is 1. The third kappa shape index (κ3) is 3.37. The normalized spacial score (nSPS) is 8.40. The van der Waals surface area contributed by atoms with Gasteiger partial charge in [-0.05, 0) is 24.3 Å². The average molecular weight is 201 g/mol. The fraction of sp³-hybridized carbons (Fsp3) is 0.100. The maximum atomic E-state index is 10.8. The lowest BCUT2D eigenvalue weighted by Crippen LogP contribution is -2.24. The van der Waals surface area contributed by atoms with E-state index in [-0.39, 0.29) is 6.61 Å². The van der Waals surface area contributed by atoms with Crippen molar-refractivity contribution in [2.45, 2.75) is 0 Å². The van der Waals surface area contributed by atoms with Crippen molar-refractivity contribution >= 4 is 5.91 Å². The molecule has 1 rings (SSSR count). The summed E-state index contributed by atoms with van der Waals surface area (Å²) in [5, 5.41) is 18.6. The average Bonchev–Trinajstić information content (AvgIpc) is 2.27. The van der Waals surface area contributed by atoms with Crippen LogP contribution in [0.1, 0.15) is 5.56 Å². The minimum atomic E-state index is -0.512. The first kappa shape index (κ1) is 10.6. The van der Waals surface area contributed by atoms with Gasteiger partial charge in [-0.25, -0.2) is 0 Å². The third-order valence-corrected chi connectivity index (χ3v) is 1.55. The fourth-order valence-corrected chi connectivity index (χ4v) is 0.873. The molecule has 0 saturated heterocycles. The Kier molecular flexibility index (Phi) is 3.70. The number of nitrogens with one attached hydrogen (secondary N) is 1. The number of ether oxygens (including phenoxy) is 1. The van der Waals surface area contributed by atoms with Crippen molar-refractivity contribution in [2.75, 3.05) is 6.61 Å². The molecule has 0 atom stereocenters. The zero-order chi connectivity index (χ0) is 11.1. The Bertz CT molecular complexity index is 425. The van der Waals surface area contributed by atoms with Crippen LogP contribution in [0.4, 0.5) is 0 Å². The number of carbonyl (C=O) groups is 1. The topological polar surface area (TPSA) is 85.9 Å². The van der Waals surface area contributed by atoms with Gasteiger partial charge in [-0.15, -0.1) is 0 Å². The monoisotopic (exact) mass is 201 g/mol. The molecule has 0 aliphatic carbocycles. The number of nitrogens with zero attached hydrogens (tertiary/aromatic N) is 2. The number of rotatable bonds is 3. The summed E-state index contributed by atoms with van der Waals surface area (Å²) in [6.45, 7) is -0.223. The Balaban J connectivity index is 2.49. The Morgan fingerprint density at radius 3 is 2.53 bits per heavy atom. The van der Waals surface area contributed by atoms with Gasteiger partial charge in [0.15, 0.2) is 12.8 Å². The minimum absolute atomic E-state index is 0.223. The largest absolute Gasteiger partial charge is 0.484 e. The van der Waals surface area contributed by atoms with Gasteiger partial charge in [-0.3, -0.25) is 10.1 Å². The van der Waals surface area contributed by atoms with Crippen LogP contribution in [-0.4, -0.2) is 12.5 Å². The van der Waals surface area contributed by atoms with Gasteiger partial charge in [0.2, 0.25) is 0 Å². The summed E-state index contributed by atoms with van der Waals surface area (Å²) in [6.07, 6.45) is 1.50. The quantitative estimate of drug-likeness (QED) is 0.571. The van der Waals surface area contributed by atoms with Crippen molar-refractivity contribution in [3.05, 3.63) is 29.8 Å². The highest BCUT2D eigenvalue weighted by Crippen LogP contribution is 2.10. The van der Waals surface area contributed by atoms with Crippen molar-refractivity contribution < 1.29 is 9.53 Å². The summed E-state index contributed by atoms with van der Waals surface area (Å²) >= 11 is 0. The fourth-order valence-electron chi connectivity index (χ4n) is 0.873. The van der Waals surface area contributed by atoms with E-state index < -0.39 is 5.91 Å². The van der Waals surface area contributed by atoms with Gasteiger partial charge in [0.05, 0.1) is 11.6 Å². The molecule has 1 N–H and O–H groups in total. The predicted molar refractivity (Wildman–Crippen MR) is 50.4 cm³/mol. The van der Waals surface area contributed by atoms with Gasteiger partial charge >= 0.3 is 0 Å². The van der Waals surface area contributed by atoms with Gasteiger partial charge in [0.25, 0.3) is 5.91 Å². The van der Waals surface area contributed by atoms with Crippen LogP contribution in [0, 0.1) is 22.8 Å². The molecule has 15 heavy (non-hydrogen) atoms. The van der Waals surface area contributed by atoms with Crippen LogP contribution in [0.2, 0.25) is 0 Å². The predicted octanol–water partition coefficient (Wildman–Crippen LogP) is 0.534. The molecular formula is C10H7N3O2. The van der Waals surface area contributed by atoms with Crippen molar-refractivity contribution in [1.29, 1.82) is 10.5 Å². The molecule has 0 aliphatic heterocycles. The molecule has 0 aliphatic rings. The number of nitriles is 2. The van der Waals surface area contributed by atoms with Crippen molar-refractivity contribution in [3.63, 3.8) is 0 Å². The maximum Gasteiger partial charge on any atom is 0.270 e. The van der Waals surface area contributed by atoms with E-state index in [2.05, 4.69) is 0 Å². The van der Waals surface area contributed by atoms with Crippen molar-refractivity contribution in [2.24, 2.45) is 0 Å². The van der Waals surface area contributed by atoms with Crippen LogP contribution < -0.4 is 10.1 Å². The molecule has 5 heteroatoms. The molecule has 0 spiro atoms. The maximum absolute atomic E-state index is 10.8. The highest BCUT2D eigenvalue weighted by molar-refractivity contribution is 5.78. The van der Waals surface area contributed by atoms with Crippen molar-refractivity contribution in [1.82, 2.24) is 5.32 Å². The van der Waals surface area contributed by atoms with Gasteiger partial charge in [-0.2, -0.15) is 10.5 Å². The van der Waals surface area contributed by atoms with Gasteiger partial charge < -0.3 is 4.74 Å². The molecule has 74 valence electrons. The first-order valence-corrected chi connectivity index (χ1v) is 4.07. The lowest BCUT2D eigenvalue weighted by Gasteiger charge is -2.03. The molecule has 1 aromatic carbocycles. The van der Waals surface area contributed by atoms with E-state index in [1.165, 1.54) is 6.19 Å². The second-order valence-electron chi connectivity index (χ2n) is 2.58. The SMILES string of the molecule is N#CNC(=O)COc1ccc(C#N)cc1. The second kappa shape index (κ2) is 5.25. The van der Waals surface area contributed by atoms with Gasteiger partial charge in [-0.1, -0.05) is 0 Å². The smallest absolute Gasteiger partial charge is 0.270 e. The zero-order valence-electron chi connectivity index (χ0n) is 7.73. The highest BCUT2D eigenvalue weighted by atomic mass is 16.5. The van der Waals surface area contributed by atoms with Gasteiger partial charge in [0, 0.05) is 0 Å². The number of amides is 1. The first-order chi connectivity index (χ1) is 7.26. The van der Waals surface area contributed by atoms with Crippen LogP contribution in [-0.2, 0) is 4.79 Å². The molecule has 0 heterocycles. The number of benzene rings is 1. The Hall–Kier alpha value is -2.53. The molecule has 0 saturated carbocycles. The summed E-state index contributed by atoms with van der Waals surface area (Å²) in [4.78, 5) is 10.8. The second-order valence-corrected chi connectivity index (χ2v) is 2.58. The summed E-state index contributed by atoms with van der Waals surface area (Å²) in [5.74, 6) is -0.0380. The zero-order valence-corrected chi connectivity index (χ0v) is 7.73. The Morgan fingerprint density at radius 1 is 1.33 bits per heavy atom. The van der Waals surface area contributed by atoms with Crippen LogP contribution in [0.5, 0.6) is 5.75 Å². The summed E-state index contributed by atoms with van der Waals surface area (Å²) in [6, 6.07) is 8.29. The number of hydrogen-bond acceptors (Lipinski definition) is 4. The first-order valence-electron chi connectivity index (χ1n) is 4.07.